The Kier molecular flexibility index (Phi) is 7.92. The third kappa shape index (κ3) is 6.14. The Balaban J connectivity index is 2.01. The summed E-state index contributed by atoms with van der Waals surface area (Å²) >= 11 is 1.50. The van der Waals surface area contributed by atoms with Crippen LogP contribution < -0.4 is 5.32 Å². The van der Waals surface area contributed by atoms with E-state index in [9.17, 15) is 9.59 Å². The van der Waals surface area contributed by atoms with E-state index in [0.29, 0.717) is 5.75 Å². The maximum Gasteiger partial charge on any atom is 0.244 e. The molecule has 0 aromatic heterocycles. The third-order valence-electron chi connectivity index (χ3n) is 4.74. The number of carbonyl (C=O) groups is 2. The van der Waals surface area contributed by atoms with Crippen LogP contribution in [-0.2, 0) is 9.59 Å². The Labute approximate surface area is 166 Å². The van der Waals surface area contributed by atoms with Crippen LogP contribution in [0.2, 0.25) is 0 Å². The second-order valence-electron chi connectivity index (χ2n) is 6.68. The maximum absolute atomic E-state index is 12.8. The first kappa shape index (κ1) is 21.0. The van der Waals surface area contributed by atoms with Crippen molar-refractivity contribution in [2.75, 3.05) is 17.6 Å². The lowest BCUT2D eigenvalue weighted by atomic mass is 10.1. The molecule has 0 bridgehead atoms. The molecule has 1 N–H and O–H groups in total. The lowest BCUT2D eigenvalue weighted by Gasteiger charge is -2.28. The summed E-state index contributed by atoms with van der Waals surface area (Å²) in [6.07, 6.45) is 0.804. The van der Waals surface area contributed by atoms with E-state index >= 15 is 0 Å². The van der Waals surface area contributed by atoms with E-state index < -0.39 is 0 Å². The van der Waals surface area contributed by atoms with E-state index in [-0.39, 0.29) is 24.4 Å². The van der Waals surface area contributed by atoms with Crippen LogP contribution >= 0.6 is 11.8 Å². The SMILES string of the molecule is CC[C@@H](C)N(CC(=O)Nc1cccc(C)c1C)C(=O)CSc1ccccc1. The van der Waals surface area contributed by atoms with Crippen LogP contribution in [0.15, 0.2) is 53.4 Å². The number of thioether (sulfide) groups is 1. The second-order valence-corrected chi connectivity index (χ2v) is 7.73. The highest BCUT2D eigenvalue weighted by Crippen LogP contribution is 2.20. The Hall–Kier alpha value is -2.27. The zero-order valence-corrected chi connectivity index (χ0v) is 17.3. The third-order valence-corrected chi connectivity index (χ3v) is 5.74. The van der Waals surface area contributed by atoms with Crippen molar-refractivity contribution in [3.63, 3.8) is 0 Å². The van der Waals surface area contributed by atoms with Gasteiger partial charge in [-0.05, 0) is 56.5 Å². The molecular formula is C22H28N2O2S. The molecule has 2 rings (SSSR count). The molecule has 0 radical (unpaired) electrons. The second kappa shape index (κ2) is 10.2. The van der Waals surface area contributed by atoms with Gasteiger partial charge in [-0.2, -0.15) is 0 Å². The number of anilines is 1. The predicted molar refractivity (Wildman–Crippen MR) is 113 cm³/mol. The summed E-state index contributed by atoms with van der Waals surface area (Å²) in [7, 11) is 0. The first-order valence-electron chi connectivity index (χ1n) is 9.25. The maximum atomic E-state index is 12.8. The van der Waals surface area contributed by atoms with Crippen LogP contribution in [-0.4, -0.2) is 35.1 Å². The minimum Gasteiger partial charge on any atom is -0.330 e. The highest BCUT2D eigenvalue weighted by molar-refractivity contribution is 8.00. The average molecular weight is 385 g/mol. The molecule has 1 atom stereocenters. The highest BCUT2D eigenvalue weighted by atomic mass is 32.2. The molecule has 0 unspecified atom stereocenters. The molecule has 5 heteroatoms. The van der Waals surface area contributed by atoms with Gasteiger partial charge in [0, 0.05) is 16.6 Å². The summed E-state index contributed by atoms with van der Waals surface area (Å²) in [6, 6.07) is 15.7. The Morgan fingerprint density at radius 1 is 1.07 bits per heavy atom. The molecule has 0 saturated heterocycles. The minimum atomic E-state index is -0.165. The molecule has 2 aromatic rings. The van der Waals surface area contributed by atoms with E-state index in [4.69, 9.17) is 0 Å². The minimum absolute atomic E-state index is 0.0122. The molecule has 0 aliphatic rings. The number of hydrogen-bond acceptors (Lipinski definition) is 3. The fourth-order valence-corrected chi connectivity index (χ4v) is 3.49. The van der Waals surface area contributed by atoms with Crippen molar-refractivity contribution in [2.45, 2.75) is 45.1 Å². The molecular weight excluding hydrogens is 356 g/mol. The summed E-state index contributed by atoms with van der Waals surface area (Å²) in [5.41, 5.74) is 2.98. The lowest BCUT2D eigenvalue weighted by molar-refractivity contribution is -0.134. The van der Waals surface area contributed by atoms with Crippen molar-refractivity contribution in [1.29, 1.82) is 0 Å². The van der Waals surface area contributed by atoms with Gasteiger partial charge in [0.2, 0.25) is 11.8 Å². The first-order chi connectivity index (χ1) is 12.9. The molecule has 0 heterocycles. The van der Waals surface area contributed by atoms with Gasteiger partial charge in [-0.25, -0.2) is 0 Å². The van der Waals surface area contributed by atoms with Crippen LogP contribution in [0.5, 0.6) is 0 Å². The molecule has 0 fully saturated rings. The lowest BCUT2D eigenvalue weighted by Crippen LogP contribution is -2.44. The number of rotatable bonds is 8. The van der Waals surface area contributed by atoms with E-state index in [1.807, 2.05) is 76.2 Å². The van der Waals surface area contributed by atoms with Crippen molar-refractivity contribution < 1.29 is 9.59 Å². The molecule has 2 aromatic carbocycles. The van der Waals surface area contributed by atoms with Crippen molar-refractivity contribution in [2.24, 2.45) is 0 Å². The summed E-state index contributed by atoms with van der Waals surface area (Å²) in [4.78, 5) is 28.1. The highest BCUT2D eigenvalue weighted by Gasteiger charge is 2.22. The summed E-state index contributed by atoms with van der Waals surface area (Å²) in [5, 5.41) is 2.95. The van der Waals surface area contributed by atoms with Gasteiger partial charge < -0.3 is 10.2 Å². The molecule has 2 amide bonds. The summed E-state index contributed by atoms with van der Waals surface area (Å²) in [5.74, 6) is 0.141. The van der Waals surface area contributed by atoms with Crippen LogP contribution in [0.4, 0.5) is 5.69 Å². The van der Waals surface area contributed by atoms with Gasteiger partial charge in [0.15, 0.2) is 0 Å². The zero-order chi connectivity index (χ0) is 19.8. The van der Waals surface area contributed by atoms with Gasteiger partial charge in [-0.1, -0.05) is 37.3 Å². The molecule has 144 valence electrons. The van der Waals surface area contributed by atoms with Crippen molar-refractivity contribution in [3.05, 3.63) is 59.7 Å². The molecule has 4 nitrogen and oxygen atoms in total. The van der Waals surface area contributed by atoms with Gasteiger partial charge in [0.05, 0.1) is 5.75 Å². The van der Waals surface area contributed by atoms with E-state index in [1.54, 1.807) is 4.90 Å². The van der Waals surface area contributed by atoms with Crippen molar-refractivity contribution >= 4 is 29.3 Å². The number of carbonyl (C=O) groups excluding carboxylic acids is 2. The number of nitrogens with one attached hydrogen (secondary N) is 1. The molecule has 0 saturated carbocycles. The van der Waals surface area contributed by atoms with Crippen LogP contribution in [0, 0.1) is 13.8 Å². The van der Waals surface area contributed by atoms with E-state index in [1.165, 1.54) is 11.8 Å². The first-order valence-corrected chi connectivity index (χ1v) is 10.2. The standard InChI is InChI=1S/C22H28N2O2S/c1-5-17(3)24(22(26)15-27-19-11-7-6-8-12-19)14-21(25)23-20-13-9-10-16(2)18(20)4/h6-13,17H,5,14-15H2,1-4H3,(H,23,25)/t17-/m1/s1. The number of hydrogen-bond donors (Lipinski definition) is 1. The molecule has 0 spiro atoms. The van der Waals surface area contributed by atoms with Crippen LogP contribution in [0.3, 0.4) is 0 Å². The molecule has 0 aliphatic carbocycles. The predicted octanol–water partition coefficient (Wildman–Crippen LogP) is 4.66. The van der Waals surface area contributed by atoms with Crippen LogP contribution in [0.1, 0.15) is 31.4 Å². The Morgan fingerprint density at radius 3 is 2.44 bits per heavy atom. The van der Waals surface area contributed by atoms with E-state index in [0.717, 1.165) is 28.1 Å². The average Bonchev–Trinajstić information content (AvgIpc) is 2.68. The fourth-order valence-electron chi connectivity index (χ4n) is 2.69. The van der Waals surface area contributed by atoms with Crippen molar-refractivity contribution in [1.82, 2.24) is 4.90 Å². The Morgan fingerprint density at radius 2 is 1.78 bits per heavy atom. The van der Waals surface area contributed by atoms with Gasteiger partial charge in [-0.15, -0.1) is 11.8 Å². The summed E-state index contributed by atoms with van der Waals surface area (Å²) in [6.45, 7) is 8.07. The molecule has 0 aliphatic heterocycles. The number of aryl methyl sites for hydroxylation is 1. The van der Waals surface area contributed by atoms with Crippen LogP contribution in [0.25, 0.3) is 0 Å². The van der Waals surface area contributed by atoms with E-state index in [2.05, 4.69) is 5.32 Å². The molecule has 27 heavy (non-hydrogen) atoms. The van der Waals surface area contributed by atoms with Gasteiger partial charge in [-0.3, -0.25) is 9.59 Å². The summed E-state index contributed by atoms with van der Waals surface area (Å²) < 4.78 is 0. The Bertz CT molecular complexity index is 777. The van der Waals surface area contributed by atoms with Crippen molar-refractivity contribution in [3.8, 4) is 0 Å². The largest absolute Gasteiger partial charge is 0.330 e. The number of nitrogens with zero attached hydrogens (tertiary/aromatic N) is 1. The topological polar surface area (TPSA) is 49.4 Å². The number of amides is 2. The normalized spacial score (nSPS) is 11.7. The fraction of sp³-hybridized carbons (Fsp3) is 0.364. The monoisotopic (exact) mass is 384 g/mol. The smallest absolute Gasteiger partial charge is 0.244 e. The van der Waals surface area contributed by atoms with Gasteiger partial charge >= 0.3 is 0 Å². The van der Waals surface area contributed by atoms with Gasteiger partial charge in [0.25, 0.3) is 0 Å². The zero-order valence-electron chi connectivity index (χ0n) is 16.5. The van der Waals surface area contributed by atoms with Gasteiger partial charge in [0.1, 0.15) is 6.54 Å². The quantitative estimate of drug-likeness (QED) is 0.673. The number of benzene rings is 2.